The largest absolute Gasteiger partial charge is 0.372 e. The number of ether oxygens (including phenoxy) is 1. The van der Waals surface area contributed by atoms with Crippen molar-refractivity contribution in [3.8, 4) is 0 Å². The molecule has 0 saturated carbocycles. The van der Waals surface area contributed by atoms with Crippen molar-refractivity contribution in [3.05, 3.63) is 77.8 Å². The van der Waals surface area contributed by atoms with E-state index in [1.807, 2.05) is 0 Å². The number of nitro benzene ring substituents is 2. The Hall–Kier alpha value is -2.22. The van der Waals surface area contributed by atoms with Crippen LogP contribution in [0.25, 0.3) is 0 Å². The Morgan fingerprint density at radius 3 is 1.52 bits per heavy atom. The molecule has 0 spiro atoms. The fourth-order valence-corrected chi connectivity index (χ4v) is 2.41. The van der Waals surface area contributed by atoms with Gasteiger partial charge in [0.2, 0.25) is 0 Å². The number of nitro groups is 2. The van der Waals surface area contributed by atoms with Gasteiger partial charge in [-0.25, -0.2) is 0 Å². The van der Waals surface area contributed by atoms with Crippen molar-refractivity contribution in [1.82, 2.24) is 0 Å². The first-order valence-electron chi connectivity index (χ1n) is 6.32. The van der Waals surface area contributed by atoms with Gasteiger partial charge in [-0.3, -0.25) is 20.2 Å². The average molecular weight is 357 g/mol. The van der Waals surface area contributed by atoms with Crippen LogP contribution >= 0.6 is 23.2 Å². The van der Waals surface area contributed by atoms with Crippen LogP contribution < -0.4 is 0 Å². The smallest absolute Gasteiger partial charge is 0.287 e. The highest BCUT2D eigenvalue weighted by molar-refractivity contribution is 6.33. The first-order chi connectivity index (χ1) is 10.9. The van der Waals surface area contributed by atoms with Crippen LogP contribution in [0.4, 0.5) is 11.4 Å². The molecule has 0 bridgehead atoms. The molecule has 0 aromatic heterocycles. The summed E-state index contributed by atoms with van der Waals surface area (Å²) in [6, 6.07) is 8.64. The summed E-state index contributed by atoms with van der Waals surface area (Å²) in [5.74, 6) is 0. The van der Waals surface area contributed by atoms with Gasteiger partial charge in [-0.05, 0) is 35.4 Å². The lowest BCUT2D eigenvalue weighted by Gasteiger charge is -2.06. The fourth-order valence-electron chi connectivity index (χ4n) is 1.86. The molecule has 2 aromatic carbocycles. The van der Waals surface area contributed by atoms with Crippen molar-refractivity contribution in [3.63, 3.8) is 0 Å². The SMILES string of the molecule is O=[N+]([O-])c1ccc(COCc2ccc([N+](=O)[O-])c(Cl)c2)cc1Cl. The van der Waals surface area contributed by atoms with Gasteiger partial charge in [-0.1, -0.05) is 23.2 Å². The molecular weight excluding hydrogens is 347 g/mol. The van der Waals surface area contributed by atoms with Crippen molar-refractivity contribution in [1.29, 1.82) is 0 Å². The van der Waals surface area contributed by atoms with Gasteiger partial charge in [0.15, 0.2) is 0 Å². The summed E-state index contributed by atoms with van der Waals surface area (Å²) in [5.41, 5.74) is 1.01. The minimum Gasteiger partial charge on any atom is -0.372 e. The third-order valence-electron chi connectivity index (χ3n) is 2.96. The Morgan fingerprint density at radius 2 is 1.22 bits per heavy atom. The lowest BCUT2D eigenvalue weighted by molar-refractivity contribution is -0.384. The number of benzene rings is 2. The van der Waals surface area contributed by atoms with E-state index in [2.05, 4.69) is 0 Å². The number of hydrogen-bond donors (Lipinski definition) is 0. The second kappa shape index (κ2) is 7.36. The van der Waals surface area contributed by atoms with E-state index in [0.717, 1.165) is 0 Å². The van der Waals surface area contributed by atoms with Crippen LogP contribution in [0.5, 0.6) is 0 Å². The molecule has 7 nitrogen and oxygen atoms in total. The predicted molar refractivity (Wildman–Crippen MR) is 84.7 cm³/mol. The van der Waals surface area contributed by atoms with E-state index in [0.29, 0.717) is 11.1 Å². The second-order valence-corrected chi connectivity index (χ2v) is 5.39. The van der Waals surface area contributed by atoms with Crippen LogP contribution in [0.1, 0.15) is 11.1 Å². The van der Waals surface area contributed by atoms with Gasteiger partial charge in [-0.15, -0.1) is 0 Å². The first-order valence-corrected chi connectivity index (χ1v) is 7.07. The minimum absolute atomic E-state index is 0.0366. The Kier molecular flexibility index (Phi) is 5.49. The average Bonchev–Trinajstić information content (AvgIpc) is 2.46. The molecule has 0 saturated heterocycles. The zero-order chi connectivity index (χ0) is 17.0. The van der Waals surface area contributed by atoms with Crippen LogP contribution in [0.15, 0.2) is 36.4 Å². The topological polar surface area (TPSA) is 95.5 Å². The summed E-state index contributed by atoms with van der Waals surface area (Å²) >= 11 is 11.6. The van der Waals surface area contributed by atoms with Crippen molar-refractivity contribution < 1.29 is 14.6 Å². The highest BCUT2D eigenvalue weighted by Crippen LogP contribution is 2.27. The van der Waals surface area contributed by atoms with E-state index >= 15 is 0 Å². The highest BCUT2D eigenvalue weighted by Gasteiger charge is 2.13. The van der Waals surface area contributed by atoms with E-state index in [-0.39, 0.29) is 34.6 Å². The van der Waals surface area contributed by atoms with E-state index < -0.39 is 9.85 Å². The number of halogens is 2. The van der Waals surface area contributed by atoms with Gasteiger partial charge in [0.05, 0.1) is 23.1 Å². The summed E-state index contributed by atoms with van der Waals surface area (Å²) in [6.07, 6.45) is 0. The van der Waals surface area contributed by atoms with Gasteiger partial charge in [0, 0.05) is 12.1 Å². The van der Waals surface area contributed by atoms with E-state index in [1.165, 1.54) is 24.3 Å². The van der Waals surface area contributed by atoms with Crippen LogP contribution in [-0.4, -0.2) is 9.85 Å². The molecule has 0 aliphatic heterocycles. The number of nitrogens with zero attached hydrogens (tertiary/aromatic N) is 2. The van der Waals surface area contributed by atoms with Crippen LogP contribution in [0.3, 0.4) is 0 Å². The Morgan fingerprint density at radius 1 is 0.826 bits per heavy atom. The van der Waals surface area contributed by atoms with Gasteiger partial charge >= 0.3 is 0 Å². The molecule has 9 heteroatoms. The molecule has 0 heterocycles. The van der Waals surface area contributed by atoms with Gasteiger partial charge in [0.25, 0.3) is 11.4 Å². The normalized spacial score (nSPS) is 10.5. The molecule has 120 valence electrons. The van der Waals surface area contributed by atoms with Crippen molar-refractivity contribution >= 4 is 34.6 Å². The predicted octanol–water partition coefficient (Wildman–Crippen LogP) is 4.53. The summed E-state index contributed by atoms with van der Waals surface area (Å²) < 4.78 is 5.46. The van der Waals surface area contributed by atoms with Crippen LogP contribution in [0, 0.1) is 20.2 Å². The summed E-state index contributed by atoms with van der Waals surface area (Å²) in [6.45, 7) is 0.374. The van der Waals surface area contributed by atoms with Crippen LogP contribution in [-0.2, 0) is 18.0 Å². The molecule has 0 unspecified atom stereocenters. The Bertz CT molecular complexity index is 703. The third-order valence-corrected chi connectivity index (χ3v) is 3.56. The molecule has 0 radical (unpaired) electrons. The first kappa shape index (κ1) is 17.1. The standard InChI is InChI=1S/C14H10Cl2N2O5/c15-11-5-9(1-3-13(11)17(19)20)7-23-8-10-2-4-14(18(21)22)12(16)6-10/h1-6H,7-8H2. The fraction of sp³-hybridized carbons (Fsp3) is 0.143. The molecule has 0 aliphatic rings. The zero-order valence-electron chi connectivity index (χ0n) is 11.6. The molecule has 0 fully saturated rings. The zero-order valence-corrected chi connectivity index (χ0v) is 13.1. The third kappa shape index (κ3) is 4.38. The monoisotopic (exact) mass is 356 g/mol. The molecule has 0 N–H and O–H groups in total. The van der Waals surface area contributed by atoms with Gasteiger partial charge in [-0.2, -0.15) is 0 Å². The maximum absolute atomic E-state index is 10.7. The molecule has 0 atom stereocenters. The van der Waals surface area contributed by atoms with Crippen LogP contribution in [0.2, 0.25) is 10.0 Å². The maximum atomic E-state index is 10.7. The highest BCUT2D eigenvalue weighted by atomic mass is 35.5. The minimum atomic E-state index is -0.564. The summed E-state index contributed by atoms with van der Waals surface area (Å²) in [4.78, 5) is 20.2. The molecule has 23 heavy (non-hydrogen) atoms. The van der Waals surface area contributed by atoms with Gasteiger partial charge < -0.3 is 4.74 Å². The lowest BCUT2D eigenvalue weighted by atomic mass is 10.2. The molecule has 2 aromatic rings. The quantitative estimate of drug-likeness (QED) is 0.559. The summed E-state index contributed by atoms with van der Waals surface area (Å²) in [5, 5.41) is 21.4. The van der Waals surface area contributed by atoms with Crippen molar-refractivity contribution in [2.75, 3.05) is 0 Å². The summed E-state index contributed by atoms with van der Waals surface area (Å²) in [7, 11) is 0. The van der Waals surface area contributed by atoms with E-state index in [9.17, 15) is 20.2 Å². The molecule has 0 amide bonds. The van der Waals surface area contributed by atoms with Gasteiger partial charge in [0.1, 0.15) is 10.0 Å². The molecule has 2 rings (SSSR count). The lowest BCUT2D eigenvalue weighted by Crippen LogP contribution is -1.97. The molecule has 0 aliphatic carbocycles. The van der Waals surface area contributed by atoms with Crippen molar-refractivity contribution in [2.24, 2.45) is 0 Å². The second-order valence-electron chi connectivity index (χ2n) is 4.58. The maximum Gasteiger partial charge on any atom is 0.287 e. The Labute approximate surface area is 140 Å². The molecular formula is C14H10Cl2N2O5. The van der Waals surface area contributed by atoms with Crippen molar-refractivity contribution in [2.45, 2.75) is 13.2 Å². The number of rotatable bonds is 6. The Balaban J connectivity index is 1.97. The van der Waals surface area contributed by atoms with E-state index in [1.54, 1.807) is 12.1 Å². The van der Waals surface area contributed by atoms with E-state index in [4.69, 9.17) is 27.9 Å². The number of hydrogen-bond acceptors (Lipinski definition) is 5.